The summed E-state index contributed by atoms with van der Waals surface area (Å²) in [6.45, 7) is 2.28. The Labute approximate surface area is 359 Å². The topological polar surface area (TPSA) is 149 Å². The van der Waals surface area contributed by atoms with Crippen LogP contribution in [-0.2, 0) is 32.7 Å². The molecule has 0 saturated carbocycles. The summed E-state index contributed by atoms with van der Waals surface area (Å²) in [4.78, 5) is 35.0. The number of unbranched alkanes of at least 4 members (excludes halogenated alkanes) is 19. The summed E-state index contributed by atoms with van der Waals surface area (Å²) in [7, 11) is -4.64. The molecule has 0 aliphatic heterocycles. The quantitative estimate of drug-likeness (QED) is 0.0234. The van der Waals surface area contributed by atoms with Gasteiger partial charge in [-0.3, -0.25) is 18.6 Å². The first-order chi connectivity index (χ1) is 28.7. The van der Waals surface area contributed by atoms with Crippen LogP contribution in [-0.4, -0.2) is 65.7 Å². The van der Waals surface area contributed by atoms with Gasteiger partial charge in [-0.1, -0.05) is 190 Å². The smallest absolute Gasteiger partial charge is 0.462 e. The Kier molecular flexibility index (Phi) is 42.0. The van der Waals surface area contributed by atoms with E-state index in [1.54, 1.807) is 0 Å². The first-order valence-corrected chi connectivity index (χ1v) is 24.7. The maximum absolute atomic E-state index is 12.6. The Balaban J connectivity index is 4.36. The first kappa shape index (κ1) is 56.7. The Morgan fingerprint density at radius 2 is 0.915 bits per heavy atom. The molecule has 0 rings (SSSR count). The van der Waals surface area contributed by atoms with Crippen LogP contribution in [0.3, 0.4) is 0 Å². The fraction of sp³-hybridized carbons (Fsp3) is 0.750. The van der Waals surface area contributed by atoms with E-state index in [-0.39, 0.29) is 19.4 Å². The molecule has 342 valence electrons. The van der Waals surface area contributed by atoms with Gasteiger partial charge in [-0.05, 0) is 51.4 Å². The van der Waals surface area contributed by atoms with Crippen molar-refractivity contribution in [3.05, 3.63) is 60.8 Å². The molecule has 0 aliphatic carbocycles. The minimum absolute atomic E-state index is 0.118. The maximum atomic E-state index is 12.6. The highest BCUT2D eigenvalue weighted by molar-refractivity contribution is 7.47. The molecule has 0 saturated heterocycles. The molecule has 0 amide bonds. The molecule has 0 heterocycles. The lowest BCUT2D eigenvalue weighted by Gasteiger charge is -2.20. The summed E-state index contributed by atoms with van der Waals surface area (Å²) in [5.74, 6) is -1.02. The van der Waals surface area contributed by atoms with Crippen molar-refractivity contribution in [1.82, 2.24) is 0 Å². The SMILES string of the molecule is CCCCC/C=C/C/C=C/C/C=C/C/C=C/C/C=C/CCC(=O)OC[C@H](COP(=O)(O)OC[C@@H](O)CO)OC(=O)CCCCCCCCCCCCCCCCCCC. The summed E-state index contributed by atoms with van der Waals surface area (Å²) >= 11 is 0. The summed E-state index contributed by atoms with van der Waals surface area (Å²) < 4.78 is 32.7. The number of carbonyl (C=O) groups is 2. The number of allylic oxidation sites excluding steroid dienone is 10. The van der Waals surface area contributed by atoms with Crippen LogP contribution < -0.4 is 0 Å². The fourth-order valence-corrected chi connectivity index (χ4v) is 6.88. The van der Waals surface area contributed by atoms with E-state index in [2.05, 4.69) is 67.0 Å². The van der Waals surface area contributed by atoms with E-state index in [0.717, 1.165) is 44.9 Å². The molecule has 0 bridgehead atoms. The highest BCUT2D eigenvalue weighted by Gasteiger charge is 2.27. The number of ether oxygens (including phenoxy) is 2. The van der Waals surface area contributed by atoms with Gasteiger partial charge in [0.05, 0.1) is 19.8 Å². The Morgan fingerprint density at radius 1 is 0.508 bits per heavy atom. The summed E-state index contributed by atoms with van der Waals surface area (Å²) in [6.07, 6.45) is 49.1. The number of phosphoric acid groups is 1. The third kappa shape index (κ3) is 43.6. The van der Waals surface area contributed by atoms with Gasteiger partial charge >= 0.3 is 19.8 Å². The third-order valence-corrected chi connectivity index (χ3v) is 10.6. The summed E-state index contributed by atoms with van der Waals surface area (Å²) in [6, 6.07) is 0. The zero-order valence-electron chi connectivity index (χ0n) is 37.2. The molecule has 0 aromatic carbocycles. The van der Waals surface area contributed by atoms with Gasteiger partial charge in [0.1, 0.15) is 12.7 Å². The van der Waals surface area contributed by atoms with Crippen molar-refractivity contribution >= 4 is 19.8 Å². The van der Waals surface area contributed by atoms with E-state index in [1.165, 1.54) is 109 Å². The number of hydrogen-bond acceptors (Lipinski definition) is 9. The second kappa shape index (κ2) is 43.7. The minimum Gasteiger partial charge on any atom is -0.462 e. The lowest BCUT2D eigenvalue weighted by molar-refractivity contribution is -0.161. The molecule has 0 spiro atoms. The Hall–Kier alpha value is -2.33. The molecule has 3 N–H and O–H groups in total. The maximum Gasteiger partial charge on any atom is 0.472 e. The van der Waals surface area contributed by atoms with Crippen LogP contribution in [0.25, 0.3) is 0 Å². The molecule has 10 nitrogen and oxygen atoms in total. The Bertz CT molecular complexity index is 1160. The van der Waals surface area contributed by atoms with Gasteiger partial charge in [0, 0.05) is 12.8 Å². The highest BCUT2D eigenvalue weighted by Crippen LogP contribution is 2.43. The van der Waals surface area contributed by atoms with Crippen LogP contribution in [0.4, 0.5) is 0 Å². The molecule has 0 aromatic heterocycles. The van der Waals surface area contributed by atoms with E-state index in [9.17, 15) is 24.2 Å². The van der Waals surface area contributed by atoms with Crippen molar-refractivity contribution in [2.24, 2.45) is 0 Å². The van der Waals surface area contributed by atoms with Crippen molar-refractivity contribution in [1.29, 1.82) is 0 Å². The van der Waals surface area contributed by atoms with Gasteiger partial charge in [-0.15, -0.1) is 0 Å². The largest absolute Gasteiger partial charge is 0.472 e. The fourth-order valence-electron chi connectivity index (χ4n) is 6.09. The van der Waals surface area contributed by atoms with Crippen molar-refractivity contribution < 1.29 is 47.8 Å². The van der Waals surface area contributed by atoms with Gasteiger partial charge in [-0.2, -0.15) is 0 Å². The molecule has 1 unspecified atom stereocenters. The number of esters is 2. The predicted molar refractivity (Wildman–Crippen MR) is 242 cm³/mol. The zero-order chi connectivity index (χ0) is 43.3. The molecular weight excluding hydrogens is 767 g/mol. The molecule has 0 aliphatic rings. The van der Waals surface area contributed by atoms with Gasteiger partial charge in [0.15, 0.2) is 6.10 Å². The predicted octanol–water partition coefficient (Wildman–Crippen LogP) is 12.7. The van der Waals surface area contributed by atoms with Crippen molar-refractivity contribution in [3.8, 4) is 0 Å². The molecule has 3 atom stereocenters. The van der Waals surface area contributed by atoms with Gasteiger partial charge in [-0.25, -0.2) is 4.57 Å². The average molecular weight is 853 g/mol. The van der Waals surface area contributed by atoms with Crippen molar-refractivity contribution in [3.63, 3.8) is 0 Å². The highest BCUT2D eigenvalue weighted by atomic mass is 31.2. The van der Waals surface area contributed by atoms with Crippen molar-refractivity contribution in [2.75, 3.05) is 26.4 Å². The van der Waals surface area contributed by atoms with E-state index < -0.39 is 51.8 Å². The number of phosphoric ester groups is 1. The van der Waals surface area contributed by atoms with Gasteiger partial charge in [0.25, 0.3) is 0 Å². The van der Waals surface area contributed by atoms with Crippen LogP contribution in [0.5, 0.6) is 0 Å². The van der Waals surface area contributed by atoms with E-state index in [1.807, 2.05) is 12.2 Å². The summed E-state index contributed by atoms with van der Waals surface area (Å²) in [5, 5.41) is 18.4. The minimum atomic E-state index is -4.64. The van der Waals surface area contributed by atoms with E-state index in [0.29, 0.717) is 12.8 Å². The molecular formula is C48H85O10P. The zero-order valence-corrected chi connectivity index (χ0v) is 38.1. The molecule has 11 heteroatoms. The van der Waals surface area contributed by atoms with Crippen LogP contribution in [0.15, 0.2) is 60.8 Å². The lowest BCUT2D eigenvalue weighted by Crippen LogP contribution is -2.29. The number of aliphatic hydroxyl groups is 2. The molecule has 59 heavy (non-hydrogen) atoms. The monoisotopic (exact) mass is 853 g/mol. The molecule has 0 radical (unpaired) electrons. The standard InChI is InChI=1S/C48H85O10P/c1-3-5-7-9-11-13-15-17-19-21-22-24-25-27-29-31-33-35-37-39-47(51)55-43-46(44-57-59(53,54)56-42-45(50)41-49)58-48(52)40-38-36-34-32-30-28-26-23-20-18-16-14-12-10-8-6-4-2/h11,13,17,19,22,24,27,29,33,35,45-46,49-50H,3-10,12,14-16,18,20-21,23,25-26,28,30-32,34,36-44H2,1-2H3,(H,53,54)/b13-11+,19-17+,24-22+,29-27+,35-33+/t45-,46+/m0/s1. The van der Waals surface area contributed by atoms with E-state index in [4.69, 9.17) is 19.1 Å². The van der Waals surface area contributed by atoms with Crippen LogP contribution >= 0.6 is 7.82 Å². The number of hydrogen-bond donors (Lipinski definition) is 3. The van der Waals surface area contributed by atoms with Crippen LogP contribution in [0.2, 0.25) is 0 Å². The number of aliphatic hydroxyl groups excluding tert-OH is 2. The summed E-state index contributed by atoms with van der Waals surface area (Å²) in [5.41, 5.74) is 0. The average Bonchev–Trinajstić information content (AvgIpc) is 3.22. The van der Waals surface area contributed by atoms with Gasteiger partial charge in [0.2, 0.25) is 0 Å². The van der Waals surface area contributed by atoms with Gasteiger partial charge < -0.3 is 24.6 Å². The second-order valence-corrected chi connectivity index (χ2v) is 16.9. The lowest BCUT2D eigenvalue weighted by atomic mass is 10.0. The normalized spacial score (nSPS) is 14.3. The number of carbonyl (C=O) groups excluding carboxylic acids is 2. The van der Waals surface area contributed by atoms with Crippen LogP contribution in [0.1, 0.15) is 194 Å². The molecule has 0 aromatic rings. The Morgan fingerprint density at radius 3 is 1.39 bits per heavy atom. The van der Waals surface area contributed by atoms with Crippen molar-refractivity contribution in [2.45, 2.75) is 206 Å². The second-order valence-electron chi connectivity index (χ2n) is 15.4. The number of rotatable bonds is 43. The molecule has 0 fully saturated rings. The first-order valence-electron chi connectivity index (χ1n) is 23.2. The van der Waals surface area contributed by atoms with Crippen LogP contribution in [0, 0.1) is 0 Å². The van der Waals surface area contributed by atoms with E-state index >= 15 is 0 Å². The third-order valence-electron chi connectivity index (χ3n) is 9.69.